The van der Waals surface area contributed by atoms with Crippen LogP contribution in [0.1, 0.15) is 52.4 Å². The predicted molar refractivity (Wildman–Crippen MR) is 67.5 cm³/mol. The Morgan fingerprint density at radius 2 is 1.93 bits per heavy atom. The first-order chi connectivity index (χ1) is 7.22. The summed E-state index contributed by atoms with van der Waals surface area (Å²) in [5.41, 5.74) is 0. The first-order valence-electron chi connectivity index (χ1n) is 6.02. The number of rotatable bonds is 10. The maximum atomic E-state index is 10.9. The van der Waals surface area contributed by atoms with Crippen molar-refractivity contribution in [3.05, 3.63) is 0 Å². The number of hydrogen-bond acceptors (Lipinski definition) is 2. The number of carboxylic acid groups (broad SMARTS) is 1. The van der Waals surface area contributed by atoms with Gasteiger partial charge in [-0.05, 0) is 18.6 Å². The molecule has 0 radical (unpaired) electrons. The highest BCUT2D eigenvalue weighted by Gasteiger charge is 2.16. The molecule has 1 atom stereocenters. The van der Waals surface area contributed by atoms with Gasteiger partial charge in [-0.25, -0.2) is 0 Å². The van der Waals surface area contributed by atoms with Crippen molar-refractivity contribution in [1.82, 2.24) is 0 Å². The molecule has 0 aromatic carbocycles. The van der Waals surface area contributed by atoms with Crippen molar-refractivity contribution < 1.29 is 9.90 Å². The van der Waals surface area contributed by atoms with E-state index in [-0.39, 0.29) is 5.92 Å². The third-order valence-electron chi connectivity index (χ3n) is 2.42. The first-order valence-corrected chi connectivity index (χ1v) is 7.18. The third-order valence-corrected chi connectivity index (χ3v) is 3.76. The molecule has 0 saturated heterocycles. The van der Waals surface area contributed by atoms with Gasteiger partial charge in [0.25, 0.3) is 0 Å². The minimum atomic E-state index is -0.616. The Bertz CT molecular complexity index is 160. The predicted octanol–water partition coefficient (Wildman–Crippen LogP) is 3.80. The zero-order valence-electron chi connectivity index (χ0n) is 10.00. The minimum Gasteiger partial charge on any atom is -0.481 e. The molecule has 1 unspecified atom stereocenters. The molecule has 0 rings (SSSR count). The largest absolute Gasteiger partial charge is 0.481 e. The van der Waals surface area contributed by atoms with Crippen LogP contribution in [0.4, 0.5) is 0 Å². The smallest absolute Gasteiger partial charge is 0.307 e. The summed E-state index contributed by atoms with van der Waals surface area (Å²) in [7, 11) is 0. The molecule has 0 aliphatic rings. The van der Waals surface area contributed by atoms with E-state index in [4.69, 9.17) is 5.11 Å². The molecule has 0 aliphatic heterocycles. The molecule has 2 nitrogen and oxygen atoms in total. The minimum absolute atomic E-state index is 0.126. The highest BCUT2D eigenvalue weighted by molar-refractivity contribution is 7.99. The lowest BCUT2D eigenvalue weighted by Gasteiger charge is -2.11. The summed E-state index contributed by atoms with van der Waals surface area (Å²) in [4.78, 5) is 10.9. The van der Waals surface area contributed by atoms with Crippen LogP contribution in [0.15, 0.2) is 0 Å². The Labute approximate surface area is 97.8 Å². The third kappa shape index (κ3) is 8.79. The van der Waals surface area contributed by atoms with Crippen molar-refractivity contribution in [2.24, 2.45) is 5.92 Å². The Morgan fingerprint density at radius 1 is 1.20 bits per heavy atom. The van der Waals surface area contributed by atoms with Gasteiger partial charge in [-0.3, -0.25) is 4.79 Å². The van der Waals surface area contributed by atoms with Gasteiger partial charge < -0.3 is 5.11 Å². The molecule has 0 fully saturated rings. The van der Waals surface area contributed by atoms with Gasteiger partial charge in [-0.2, -0.15) is 11.8 Å². The average molecular weight is 232 g/mol. The van der Waals surface area contributed by atoms with Crippen LogP contribution in [0.3, 0.4) is 0 Å². The van der Waals surface area contributed by atoms with E-state index in [0.29, 0.717) is 0 Å². The Morgan fingerprint density at radius 3 is 2.47 bits per heavy atom. The van der Waals surface area contributed by atoms with E-state index in [1.54, 1.807) is 11.8 Å². The number of aliphatic carboxylic acids is 1. The topological polar surface area (TPSA) is 37.3 Å². The van der Waals surface area contributed by atoms with Crippen LogP contribution < -0.4 is 0 Å². The lowest BCUT2D eigenvalue weighted by atomic mass is 10.0. The van der Waals surface area contributed by atoms with Crippen molar-refractivity contribution in [3.63, 3.8) is 0 Å². The van der Waals surface area contributed by atoms with E-state index in [2.05, 4.69) is 13.8 Å². The maximum Gasteiger partial charge on any atom is 0.307 e. The summed E-state index contributed by atoms with van der Waals surface area (Å²) in [6.45, 7) is 4.30. The van der Waals surface area contributed by atoms with Gasteiger partial charge in [0.05, 0.1) is 5.92 Å². The molecule has 15 heavy (non-hydrogen) atoms. The molecule has 3 heteroatoms. The van der Waals surface area contributed by atoms with Crippen molar-refractivity contribution in [3.8, 4) is 0 Å². The molecule has 0 heterocycles. The summed E-state index contributed by atoms with van der Waals surface area (Å²) in [6, 6.07) is 0. The summed E-state index contributed by atoms with van der Waals surface area (Å²) in [5.74, 6) is 1.13. The fraction of sp³-hybridized carbons (Fsp3) is 0.917. The maximum absolute atomic E-state index is 10.9. The lowest BCUT2D eigenvalue weighted by molar-refractivity contribution is -0.141. The quantitative estimate of drug-likeness (QED) is 0.582. The summed E-state index contributed by atoms with van der Waals surface area (Å²) in [6.07, 6.45) is 6.67. The standard InChI is InChI=1S/C12H24O2S/c1-3-5-6-7-8-11(12(13)14)10-15-9-4-2/h11H,3-10H2,1-2H3,(H,13,14). The lowest BCUT2D eigenvalue weighted by Crippen LogP contribution is -2.16. The second-order valence-electron chi connectivity index (χ2n) is 3.96. The Balaban J connectivity index is 3.59. The average Bonchev–Trinajstić information content (AvgIpc) is 2.21. The molecule has 0 spiro atoms. The zero-order valence-corrected chi connectivity index (χ0v) is 10.8. The van der Waals surface area contributed by atoms with Crippen molar-refractivity contribution in [2.45, 2.75) is 52.4 Å². The van der Waals surface area contributed by atoms with Gasteiger partial charge in [-0.15, -0.1) is 0 Å². The van der Waals surface area contributed by atoms with Gasteiger partial charge in [0.1, 0.15) is 0 Å². The van der Waals surface area contributed by atoms with Gasteiger partial charge >= 0.3 is 5.97 Å². The van der Waals surface area contributed by atoms with Crippen LogP contribution in [-0.2, 0) is 4.79 Å². The normalized spacial score (nSPS) is 12.7. The molecule has 1 N–H and O–H groups in total. The molecule has 90 valence electrons. The molecule has 0 bridgehead atoms. The van der Waals surface area contributed by atoms with Crippen molar-refractivity contribution in [1.29, 1.82) is 0 Å². The van der Waals surface area contributed by atoms with E-state index in [0.717, 1.165) is 30.8 Å². The monoisotopic (exact) mass is 232 g/mol. The molecular formula is C12H24O2S. The van der Waals surface area contributed by atoms with E-state index in [1.165, 1.54) is 19.3 Å². The van der Waals surface area contributed by atoms with Crippen LogP contribution in [0, 0.1) is 5.92 Å². The van der Waals surface area contributed by atoms with Crippen LogP contribution in [0.2, 0.25) is 0 Å². The van der Waals surface area contributed by atoms with E-state index >= 15 is 0 Å². The van der Waals surface area contributed by atoms with Gasteiger partial charge in [-0.1, -0.05) is 39.5 Å². The van der Waals surface area contributed by atoms with Gasteiger partial charge in [0, 0.05) is 5.75 Å². The van der Waals surface area contributed by atoms with Crippen LogP contribution in [0.5, 0.6) is 0 Å². The molecule has 0 saturated carbocycles. The van der Waals surface area contributed by atoms with Crippen molar-refractivity contribution >= 4 is 17.7 Å². The van der Waals surface area contributed by atoms with E-state index in [9.17, 15) is 4.79 Å². The van der Waals surface area contributed by atoms with Gasteiger partial charge in [0.2, 0.25) is 0 Å². The fourth-order valence-electron chi connectivity index (χ4n) is 1.47. The SMILES string of the molecule is CCCCCCC(CSCCC)C(=O)O. The molecule has 0 aromatic heterocycles. The van der Waals surface area contributed by atoms with E-state index < -0.39 is 5.97 Å². The molecule has 0 amide bonds. The number of carbonyl (C=O) groups is 1. The second kappa shape index (κ2) is 10.3. The molecular weight excluding hydrogens is 208 g/mol. The molecule has 0 aliphatic carbocycles. The number of thioether (sulfide) groups is 1. The molecule has 0 aromatic rings. The highest BCUT2D eigenvalue weighted by atomic mass is 32.2. The summed E-state index contributed by atoms with van der Waals surface area (Å²) >= 11 is 1.77. The first kappa shape index (κ1) is 14.8. The summed E-state index contributed by atoms with van der Waals surface area (Å²) in [5, 5.41) is 9.02. The summed E-state index contributed by atoms with van der Waals surface area (Å²) < 4.78 is 0. The van der Waals surface area contributed by atoms with Crippen LogP contribution in [-0.4, -0.2) is 22.6 Å². The highest BCUT2D eigenvalue weighted by Crippen LogP contribution is 2.17. The van der Waals surface area contributed by atoms with Crippen molar-refractivity contribution in [2.75, 3.05) is 11.5 Å². The fourth-order valence-corrected chi connectivity index (χ4v) is 2.51. The van der Waals surface area contributed by atoms with Crippen LogP contribution in [0.25, 0.3) is 0 Å². The number of unbranched alkanes of at least 4 members (excludes halogenated alkanes) is 3. The Hall–Kier alpha value is -0.180. The zero-order chi connectivity index (χ0) is 11.5. The second-order valence-corrected chi connectivity index (χ2v) is 5.11. The number of carboxylic acids is 1. The number of hydrogen-bond donors (Lipinski definition) is 1. The van der Waals surface area contributed by atoms with Crippen LogP contribution >= 0.6 is 11.8 Å². The Kier molecular flexibility index (Phi) is 10.2. The van der Waals surface area contributed by atoms with Gasteiger partial charge in [0.15, 0.2) is 0 Å². The van der Waals surface area contributed by atoms with E-state index in [1.807, 2.05) is 0 Å².